The molecule has 0 amide bonds. The number of likely N-dealkylation sites (tertiary alicyclic amines) is 1. The third-order valence-electron chi connectivity index (χ3n) is 3.28. The van der Waals surface area contributed by atoms with E-state index in [-0.39, 0.29) is 0 Å². The first-order valence-corrected chi connectivity index (χ1v) is 7.08. The Morgan fingerprint density at radius 3 is 2.35 bits per heavy atom. The first kappa shape index (κ1) is 12.9. The number of hydrogen-bond donors (Lipinski definition) is 0. The Hall–Kier alpha value is -0.540. The second-order valence-corrected chi connectivity index (χ2v) is 5.68. The summed E-state index contributed by atoms with van der Waals surface area (Å²) in [6.07, 6.45) is 2.69. The molecule has 0 saturated carbocycles. The zero-order valence-corrected chi connectivity index (χ0v) is 12.2. The van der Waals surface area contributed by atoms with Gasteiger partial charge < -0.3 is 4.74 Å². The first-order chi connectivity index (χ1) is 8.16. The van der Waals surface area contributed by atoms with Crippen LogP contribution in [-0.2, 0) is 0 Å². The van der Waals surface area contributed by atoms with Gasteiger partial charge in [-0.1, -0.05) is 15.9 Å². The molecule has 0 aliphatic carbocycles. The van der Waals surface area contributed by atoms with Crippen LogP contribution in [0.15, 0.2) is 16.6 Å². The number of hydrogen-bond acceptors (Lipinski definition) is 2. The van der Waals surface area contributed by atoms with Gasteiger partial charge in [-0.05, 0) is 63.0 Å². The number of rotatable bonds is 4. The SMILES string of the molecule is Cc1cc(Br)cc(C)c1OCCN1CCCC1. The lowest BCUT2D eigenvalue weighted by atomic mass is 10.1. The molecule has 0 bridgehead atoms. The number of nitrogens with zero attached hydrogens (tertiary/aromatic N) is 1. The Kier molecular flexibility index (Phi) is 4.46. The first-order valence-electron chi connectivity index (χ1n) is 6.29. The van der Waals surface area contributed by atoms with Crippen molar-refractivity contribution in [1.29, 1.82) is 0 Å². The fraction of sp³-hybridized carbons (Fsp3) is 0.571. The molecule has 1 saturated heterocycles. The molecule has 1 aliphatic rings. The highest BCUT2D eigenvalue weighted by molar-refractivity contribution is 9.10. The van der Waals surface area contributed by atoms with Crippen molar-refractivity contribution in [3.05, 3.63) is 27.7 Å². The molecule has 0 spiro atoms. The third kappa shape index (κ3) is 3.46. The predicted molar refractivity (Wildman–Crippen MR) is 74.8 cm³/mol. The summed E-state index contributed by atoms with van der Waals surface area (Å²) < 4.78 is 7.05. The maximum Gasteiger partial charge on any atom is 0.125 e. The number of aryl methyl sites for hydroxylation is 2. The van der Waals surface area contributed by atoms with Crippen molar-refractivity contribution in [1.82, 2.24) is 4.90 Å². The van der Waals surface area contributed by atoms with Crippen LogP contribution < -0.4 is 4.74 Å². The molecule has 1 fully saturated rings. The molecular formula is C14H20BrNO. The maximum atomic E-state index is 5.92. The molecule has 0 radical (unpaired) electrons. The lowest BCUT2D eigenvalue weighted by Gasteiger charge is -2.17. The van der Waals surface area contributed by atoms with E-state index >= 15 is 0 Å². The third-order valence-corrected chi connectivity index (χ3v) is 3.74. The van der Waals surface area contributed by atoms with Gasteiger partial charge in [0, 0.05) is 11.0 Å². The molecule has 1 aromatic carbocycles. The topological polar surface area (TPSA) is 12.5 Å². The fourth-order valence-electron chi connectivity index (χ4n) is 2.41. The van der Waals surface area contributed by atoms with E-state index < -0.39 is 0 Å². The van der Waals surface area contributed by atoms with Crippen molar-refractivity contribution >= 4 is 15.9 Å². The molecule has 0 N–H and O–H groups in total. The second-order valence-electron chi connectivity index (χ2n) is 4.77. The summed E-state index contributed by atoms with van der Waals surface area (Å²) in [5, 5.41) is 0. The van der Waals surface area contributed by atoms with E-state index in [1.165, 1.54) is 37.1 Å². The number of benzene rings is 1. The molecule has 1 aliphatic heterocycles. The Morgan fingerprint density at radius 1 is 1.18 bits per heavy atom. The smallest absolute Gasteiger partial charge is 0.125 e. The summed E-state index contributed by atoms with van der Waals surface area (Å²) in [5.41, 5.74) is 2.41. The van der Waals surface area contributed by atoms with Gasteiger partial charge in [0.05, 0.1) is 0 Å². The van der Waals surface area contributed by atoms with Crippen molar-refractivity contribution < 1.29 is 4.74 Å². The average molecular weight is 298 g/mol. The molecule has 1 heterocycles. The van der Waals surface area contributed by atoms with Crippen LogP contribution in [0, 0.1) is 13.8 Å². The quantitative estimate of drug-likeness (QED) is 0.843. The summed E-state index contributed by atoms with van der Waals surface area (Å²) >= 11 is 3.51. The fourth-order valence-corrected chi connectivity index (χ4v) is 3.09. The average Bonchev–Trinajstić information content (AvgIpc) is 2.74. The molecular weight excluding hydrogens is 278 g/mol. The van der Waals surface area contributed by atoms with Gasteiger partial charge in [-0.15, -0.1) is 0 Å². The minimum atomic E-state index is 0.795. The van der Waals surface area contributed by atoms with Gasteiger partial charge in [-0.25, -0.2) is 0 Å². The highest BCUT2D eigenvalue weighted by Crippen LogP contribution is 2.27. The summed E-state index contributed by atoms with van der Waals surface area (Å²) in [7, 11) is 0. The lowest BCUT2D eigenvalue weighted by molar-refractivity contribution is 0.236. The second kappa shape index (κ2) is 5.87. The Morgan fingerprint density at radius 2 is 1.76 bits per heavy atom. The highest BCUT2D eigenvalue weighted by Gasteiger charge is 2.11. The summed E-state index contributed by atoms with van der Waals surface area (Å²) in [5.74, 6) is 1.05. The van der Waals surface area contributed by atoms with Crippen molar-refractivity contribution in [3.8, 4) is 5.75 Å². The van der Waals surface area contributed by atoms with Crippen LogP contribution in [0.25, 0.3) is 0 Å². The maximum absolute atomic E-state index is 5.92. The van der Waals surface area contributed by atoms with Crippen molar-refractivity contribution in [2.75, 3.05) is 26.2 Å². The van der Waals surface area contributed by atoms with Gasteiger partial charge in [0.1, 0.15) is 12.4 Å². The minimum absolute atomic E-state index is 0.795. The Balaban J connectivity index is 1.89. The summed E-state index contributed by atoms with van der Waals surface area (Å²) in [4.78, 5) is 2.48. The molecule has 2 nitrogen and oxygen atoms in total. The minimum Gasteiger partial charge on any atom is -0.492 e. The van der Waals surface area contributed by atoms with E-state index in [0.29, 0.717) is 0 Å². The van der Waals surface area contributed by atoms with Crippen LogP contribution >= 0.6 is 15.9 Å². The van der Waals surface area contributed by atoms with Gasteiger partial charge in [0.2, 0.25) is 0 Å². The molecule has 17 heavy (non-hydrogen) atoms. The van der Waals surface area contributed by atoms with E-state index in [2.05, 4.69) is 46.8 Å². The largest absolute Gasteiger partial charge is 0.492 e. The van der Waals surface area contributed by atoms with Crippen LogP contribution in [0.4, 0.5) is 0 Å². The number of ether oxygens (including phenoxy) is 1. The molecule has 3 heteroatoms. The van der Waals surface area contributed by atoms with Crippen LogP contribution in [-0.4, -0.2) is 31.1 Å². The summed E-state index contributed by atoms with van der Waals surface area (Å²) in [6.45, 7) is 8.52. The molecule has 94 valence electrons. The Labute approximate surface area is 112 Å². The lowest BCUT2D eigenvalue weighted by Crippen LogP contribution is -2.25. The van der Waals surface area contributed by atoms with Crippen molar-refractivity contribution in [2.24, 2.45) is 0 Å². The van der Waals surface area contributed by atoms with Gasteiger partial charge in [0.25, 0.3) is 0 Å². The highest BCUT2D eigenvalue weighted by atomic mass is 79.9. The van der Waals surface area contributed by atoms with Crippen LogP contribution in [0.5, 0.6) is 5.75 Å². The van der Waals surface area contributed by atoms with E-state index in [4.69, 9.17) is 4.74 Å². The van der Waals surface area contributed by atoms with Crippen molar-refractivity contribution in [3.63, 3.8) is 0 Å². The molecule has 0 unspecified atom stereocenters. The molecule has 0 atom stereocenters. The van der Waals surface area contributed by atoms with Gasteiger partial charge >= 0.3 is 0 Å². The van der Waals surface area contributed by atoms with Crippen molar-refractivity contribution in [2.45, 2.75) is 26.7 Å². The predicted octanol–water partition coefficient (Wildman–Crippen LogP) is 3.54. The molecule has 0 aromatic heterocycles. The monoisotopic (exact) mass is 297 g/mol. The molecule has 1 aromatic rings. The standard InChI is InChI=1S/C14H20BrNO/c1-11-9-13(15)10-12(2)14(11)17-8-7-16-5-3-4-6-16/h9-10H,3-8H2,1-2H3. The normalized spacial score (nSPS) is 16.4. The van der Waals surface area contributed by atoms with Crippen LogP contribution in [0.3, 0.4) is 0 Å². The summed E-state index contributed by atoms with van der Waals surface area (Å²) in [6, 6.07) is 4.22. The van der Waals surface area contributed by atoms with E-state index in [9.17, 15) is 0 Å². The zero-order chi connectivity index (χ0) is 12.3. The van der Waals surface area contributed by atoms with E-state index in [0.717, 1.165) is 23.4 Å². The van der Waals surface area contributed by atoms with Gasteiger partial charge in [-0.3, -0.25) is 4.90 Å². The van der Waals surface area contributed by atoms with Crippen LogP contribution in [0.1, 0.15) is 24.0 Å². The van der Waals surface area contributed by atoms with E-state index in [1.54, 1.807) is 0 Å². The van der Waals surface area contributed by atoms with Gasteiger partial charge in [-0.2, -0.15) is 0 Å². The van der Waals surface area contributed by atoms with E-state index in [1.807, 2.05) is 0 Å². The number of halogens is 1. The molecule has 2 rings (SSSR count). The zero-order valence-electron chi connectivity index (χ0n) is 10.6. The van der Waals surface area contributed by atoms with Crippen LogP contribution in [0.2, 0.25) is 0 Å². The Bertz CT molecular complexity index is 363. The van der Waals surface area contributed by atoms with Gasteiger partial charge in [0.15, 0.2) is 0 Å².